The first-order chi connectivity index (χ1) is 9.60. The van der Waals surface area contributed by atoms with Gasteiger partial charge in [0.15, 0.2) is 0 Å². The normalized spacial score (nSPS) is 18.6. The van der Waals surface area contributed by atoms with E-state index in [4.69, 9.17) is 5.73 Å². The molecule has 3 N–H and O–H groups in total. The second kappa shape index (κ2) is 6.65. The number of primary amides is 1. The first-order valence-electron chi connectivity index (χ1n) is 6.59. The summed E-state index contributed by atoms with van der Waals surface area (Å²) in [5, 5.41) is 2.85. The summed E-state index contributed by atoms with van der Waals surface area (Å²) in [6, 6.07) is 7.50. The zero-order valence-corrected chi connectivity index (χ0v) is 12.3. The van der Waals surface area contributed by atoms with E-state index < -0.39 is 0 Å². The number of anilines is 1. The number of urea groups is 1. The number of likely N-dealkylation sites (tertiary alicyclic amines) is 1. The predicted octanol–water partition coefficient (Wildman–Crippen LogP) is 2.14. The average molecular weight is 293 g/mol. The average Bonchev–Trinajstić information content (AvgIpc) is 2.48. The van der Waals surface area contributed by atoms with Gasteiger partial charge in [0.05, 0.1) is 5.92 Å². The third-order valence-corrected chi connectivity index (χ3v) is 4.20. The maximum Gasteiger partial charge on any atom is 0.321 e. The van der Waals surface area contributed by atoms with Crippen molar-refractivity contribution in [1.82, 2.24) is 4.90 Å². The lowest BCUT2D eigenvalue weighted by molar-refractivity contribution is -0.123. The minimum Gasteiger partial charge on any atom is -0.369 e. The number of hydrogen-bond donors (Lipinski definition) is 2. The molecule has 0 aliphatic carbocycles. The number of benzene rings is 1. The summed E-state index contributed by atoms with van der Waals surface area (Å²) in [6.07, 6.45) is 3.58. The molecule has 1 aliphatic rings. The Morgan fingerprint density at radius 3 is 2.65 bits per heavy atom. The van der Waals surface area contributed by atoms with Crippen molar-refractivity contribution in [2.75, 3.05) is 24.7 Å². The van der Waals surface area contributed by atoms with Crippen LogP contribution in [-0.2, 0) is 4.79 Å². The molecular weight excluding hydrogens is 274 g/mol. The molecule has 1 unspecified atom stereocenters. The van der Waals surface area contributed by atoms with E-state index in [2.05, 4.69) is 5.32 Å². The molecule has 6 heteroatoms. The van der Waals surface area contributed by atoms with Gasteiger partial charge in [0, 0.05) is 23.7 Å². The number of hydrogen-bond acceptors (Lipinski definition) is 3. The lowest BCUT2D eigenvalue weighted by Crippen LogP contribution is -2.45. The van der Waals surface area contributed by atoms with Gasteiger partial charge in [0.2, 0.25) is 5.91 Å². The molecule has 1 saturated heterocycles. The fourth-order valence-corrected chi connectivity index (χ4v) is 2.68. The first-order valence-corrected chi connectivity index (χ1v) is 7.82. The highest BCUT2D eigenvalue weighted by atomic mass is 32.2. The van der Waals surface area contributed by atoms with Gasteiger partial charge in [-0.2, -0.15) is 0 Å². The summed E-state index contributed by atoms with van der Waals surface area (Å²) in [7, 11) is 0. The number of thioether (sulfide) groups is 1. The Labute approximate surface area is 122 Å². The highest BCUT2D eigenvalue weighted by Crippen LogP contribution is 2.20. The Kier molecular flexibility index (Phi) is 4.89. The summed E-state index contributed by atoms with van der Waals surface area (Å²) in [5.74, 6) is -0.555. The van der Waals surface area contributed by atoms with Crippen molar-refractivity contribution < 1.29 is 9.59 Å². The summed E-state index contributed by atoms with van der Waals surface area (Å²) >= 11 is 1.65. The lowest BCUT2D eigenvalue weighted by atomic mass is 9.98. The number of piperidine rings is 1. The van der Waals surface area contributed by atoms with Crippen molar-refractivity contribution in [2.45, 2.75) is 17.7 Å². The zero-order chi connectivity index (χ0) is 14.5. The maximum absolute atomic E-state index is 12.1. The molecule has 1 heterocycles. The Hall–Kier alpha value is -1.69. The quantitative estimate of drug-likeness (QED) is 0.838. The summed E-state index contributed by atoms with van der Waals surface area (Å²) in [5.41, 5.74) is 6.07. The molecule has 1 aromatic carbocycles. The van der Waals surface area contributed by atoms with Crippen LogP contribution in [0.25, 0.3) is 0 Å². The van der Waals surface area contributed by atoms with Crippen LogP contribution in [0, 0.1) is 5.92 Å². The Morgan fingerprint density at radius 2 is 2.05 bits per heavy atom. The Morgan fingerprint density at radius 1 is 1.35 bits per heavy atom. The van der Waals surface area contributed by atoms with Gasteiger partial charge < -0.3 is 16.0 Å². The second-order valence-corrected chi connectivity index (χ2v) is 5.73. The van der Waals surface area contributed by atoms with E-state index in [0.717, 1.165) is 23.4 Å². The number of rotatable bonds is 3. The molecule has 3 amide bonds. The van der Waals surface area contributed by atoms with Gasteiger partial charge in [-0.05, 0) is 43.4 Å². The van der Waals surface area contributed by atoms with Gasteiger partial charge in [0.1, 0.15) is 0 Å². The van der Waals surface area contributed by atoms with Crippen molar-refractivity contribution in [3.63, 3.8) is 0 Å². The van der Waals surface area contributed by atoms with E-state index in [0.29, 0.717) is 13.1 Å². The SMILES string of the molecule is CSc1ccc(NC(=O)N2CCCC(C(N)=O)C2)cc1. The van der Waals surface area contributed by atoms with Crippen LogP contribution in [0.2, 0.25) is 0 Å². The maximum atomic E-state index is 12.1. The van der Waals surface area contributed by atoms with Crippen LogP contribution in [0.1, 0.15) is 12.8 Å². The van der Waals surface area contributed by atoms with Crippen LogP contribution < -0.4 is 11.1 Å². The largest absolute Gasteiger partial charge is 0.369 e. The Bertz CT molecular complexity index is 490. The molecule has 0 bridgehead atoms. The number of carbonyl (C=O) groups is 2. The minimum atomic E-state index is -0.327. The fraction of sp³-hybridized carbons (Fsp3) is 0.429. The number of nitrogens with two attached hydrogens (primary N) is 1. The molecular formula is C14H19N3O2S. The minimum absolute atomic E-state index is 0.173. The van der Waals surface area contributed by atoms with Crippen molar-refractivity contribution in [2.24, 2.45) is 11.7 Å². The van der Waals surface area contributed by atoms with Gasteiger partial charge >= 0.3 is 6.03 Å². The van der Waals surface area contributed by atoms with Crippen LogP contribution in [0.15, 0.2) is 29.2 Å². The van der Waals surface area contributed by atoms with Crippen molar-refractivity contribution in [1.29, 1.82) is 0 Å². The van der Waals surface area contributed by atoms with Gasteiger partial charge in [-0.25, -0.2) is 4.79 Å². The second-order valence-electron chi connectivity index (χ2n) is 4.85. The first kappa shape index (κ1) is 14.7. The van der Waals surface area contributed by atoms with Crippen molar-refractivity contribution >= 4 is 29.4 Å². The molecule has 1 aromatic rings. The van der Waals surface area contributed by atoms with E-state index in [1.165, 1.54) is 0 Å². The van der Waals surface area contributed by atoms with E-state index in [1.54, 1.807) is 16.7 Å². The molecule has 2 rings (SSSR count). The smallest absolute Gasteiger partial charge is 0.321 e. The monoisotopic (exact) mass is 293 g/mol. The molecule has 0 aromatic heterocycles. The van der Waals surface area contributed by atoms with Crippen molar-refractivity contribution in [3.8, 4) is 0 Å². The van der Waals surface area contributed by atoms with Crippen LogP contribution in [0.4, 0.5) is 10.5 Å². The van der Waals surface area contributed by atoms with Gasteiger partial charge in [-0.1, -0.05) is 0 Å². The third kappa shape index (κ3) is 3.66. The van der Waals surface area contributed by atoms with E-state index >= 15 is 0 Å². The standard InChI is InChI=1S/C14H19N3O2S/c1-20-12-6-4-11(5-7-12)16-14(19)17-8-2-3-10(9-17)13(15)18/h4-7,10H,2-3,8-9H2,1H3,(H2,15,18)(H,16,19). The summed E-state index contributed by atoms with van der Waals surface area (Å²) in [4.78, 5) is 26.2. The van der Waals surface area contributed by atoms with E-state index in [-0.39, 0.29) is 17.9 Å². The third-order valence-electron chi connectivity index (χ3n) is 3.45. The van der Waals surface area contributed by atoms with Crippen LogP contribution in [0.3, 0.4) is 0 Å². The van der Waals surface area contributed by atoms with E-state index in [9.17, 15) is 9.59 Å². The lowest BCUT2D eigenvalue weighted by Gasteiger charge is -2.31. The molecule has 0 saturated carbocycles. The van der Waals surface area contributed by atoms with Gasteiger partial charge in [-0.15, -0.1) is 11.8 Å². The van der Waals surface area contributed by atoms with Crippen LogP contribution in [0.5, 0.6) is 0 Å². The molecule has 1 atom stereocenters. The molecule has 20 heavy (non-hydrogen) atoms. The molecule has 1 fully saturated rings. The summed E-state index contributed by atoms with van der Waals surface area (Å²) in [6.45, 7) is 1.07. The number of nitrogens with zero attached hydrogens (tertiary/aromatic N) is 1. The molecule has 5 nitrogen and oxygen atoms in total. The van der Waals surface area contributed by atoms with Crippen LogP contribution >= 0.6 is 11.8 Å². The topological polar surface area (TPSA) is 75.4 Å². The fourth-order valence-electron chi connectivity index (χ4n) is 2.27. The summed E-state index contributed by atoms with van der Waals surface area (Å²) < 4.78 is 0. The Balaban J connectivity index is 1.95. The molecule has 0 spiro atoms. The molecule has 0 radical (unpaired) electrons. The molecule has 108 valence electrons. The predicted molar refractivity (Wildman–Crippen MR) is 80.7 cm³/mol. The van der Waals surface area contributed by atoms with Crippen LogP contribution in [-0.4, -0.2) is 36.2 Å². The number of carbonyl (C=O) groups excluding carboxylic acids is 2. The number of amides is 3. The van der Waals surface area contributed by atoms with Gasteiger partial charge in [-0.3, -0.25) is 4.79 Å². The molecule has 1 aliphatic heterocycles. The zero-order valence-electron chi connectivity index (χ0n) is 11.5. The number of nitrogens with one attached hydrogen (secondary N) is 1. The van der Waals surface area contributed by atoms with E-state index in [1.807, 2.05) is 30.5 Å². The highest BCUT2D eigenvalue weighted by molar-refractivity contribution is 7.98. The van der Waals surface area contributed by atoms with Crippen molar-refractivity contribution in [3.05, 3.63) is 24.3 Å². The highest BCUT2D eigenvalue weighted by Gasteiger charge is 2.26. The van der Waals surface area contributed by atoms with Gasteiger partial charge in [0.25, 0.3) is 0 Å².